The van der Waals surface area contributed by atoms with Crippen LogP contribution in [0.1, 0.15) is 16.1 Å². The minimum absolute atomic E-state index is 0.324. The number of nitrogens with one attached hydrogen (secondary N) is 1. The van der Waals surface area contributed by atoms with E-state index < -0.39 is 0 Å². The Morgan fingerprint density at radius 2 is 1.68 bits per heavy atom. The number of piperazine rings is 1. The maximum atomic E-state index is 13.2. The van der Waals surface area contributed by atoms with E-state index in [1.54, 1.807) is 25.1 Å². The third-order valence-corrected chi connectivity index (χ3v) is 6.17. The first kappa shape index (κ1) is 21.9. The number of hydrogen-bond acceptors (Lipinski definition) is 7. The van der Waals surface area contributed by atoms with Crippen LogP contribution in [0.3, 0.4) is 0 Å². The first-order chi connectivity index (χ1) is 16.6. The lowest BCUT2D eigenvalue weighted by Crippen LogP contribution is -2.46. The second kappa shape index (κ2) is 9.52. The van der Waals surface area contributed by atoms with E-state index in [1.165, 1.54) is 12.0 Å². The molecule has 0 spiro atoms. The highest BCUT2D eigenvalue weighted by Crippen LogP contribution is 2.31. The zero-order valence-electron chi connectivity index (χ0n) is 18.6. The predicted molar refractivity (Wildman–Crippen MR) is 133 cm³/mol. The molecule has 4 aromatic rings. The fraction of sp³-hybridized carbons (Fsp3) is 0.200. The molecule has 2 aromatic carbocycles. The number of carbonyl (C=O) groups excluding carboxylic acids is 1. The second-order valence-electron chi connectivity index (χ2n) is 7.97. The van der Waals surface area contributed by atoms with E-state index in [-0.39, 0.29) is 5.91 Å². The van der Waals surface area contributed by atoms with Crippen LogP contribution < -0.4 is 15.1 Å². The number of amides is 1. The van der Waals surface area contributed by atoms with E-state index in [1.807, 2.05) is 18.2 Å². The number of rotatable bonds is 5. The molecule has 0 aliphatic carbocycles. The summed E-state index contributed by atoms with van der Waals surface area (Å²) in [4.78, 5) is 26.4. The monoisotopic (exact) mass is 474 g/mol. The van der Waals surface area contributed by atoms with E-state index >= 15 is 0 Å². The fourth-order valence-corrected chi connectivity index (χ4v) is 4.30. The summed E-state index contributed by atoms with van der Waals surface area (Å²) in [5.74, 6) is 1.21. The molecule has 0 saturated carbocycles. The van der Waals surface area contributed by atoms with Crippen LogP contribution >= 0.6 is 11.6 Å². The molecule has 3 heterocycles. The Kier molecular flexibility index (Phi) is 6.14. The molecule has 8 nitrogen and oxygen atoms in total. The van der Waals surface area contributed by atoms with Crippen LogP contribution in [0.25, 0.3) is 11.3 Å². The van der Waals surface area contributed by atoms with E-state index in [2.05, 4.69) is 54.5 Å². The summed E-state index contributed by atoms with van der Waals surface area (Å²) in [6.07, 6.45) is 1.46. The second-order valence-corrected chi connectivity index (χ2v) is 8.37. The van der Waals surface area contributed by atoms with Gasteiger partial charge in [0, 0.05) is 43.5 Å². The van der Waals surface area contributed by atoms with Crippen molar-refractivity contribution in [3.05, 3.63) is 83.3 Å². The summed E-state index contributed by atoms with van der Waals surface area (Å²) in [6.45, 7) is 5.11. The molecule has 34 heavy (non-hydrogen) atoms. The van der Waals surface area contributed by atoms with Gasteiger partial charge in [0.1, 0.15) is 35.0 Å². The van der Waals surface area contributed by atoms with Gasteiger partial charge >= 0.3 is 0 Å². The maximum Gasteiger partial charge on any atom is 0.262 e. The lowest BCUT2D eigenvalue weighted by molar-refractivity contribution is 0.102. The van der Waals surface area contributed by atoms with Gasteiger partial charge in [-0.15, -0.1) is 0 Å². The van der Waals surface area contributed by atoms with Gasteiger partial charge < -0.3 is 19.6 Å². The van der Waals surface area contributed by atoms with Gasteiger partial charge in [0.05, 0.1) is 5.02 Å². The van der Waals surface area contributed by atoms with E-state index in [0.29, 0.717) is 33.4 Å². The van der Waals surface area contributed by atoms with Crippen molar-refractivity contribution in [3.63, 3.8) is 0 Å². The summed E-state index contributed by atoms with van der Waals surface area (Å²) in [5.41, 5.74) is 2.57. The first-order valence-electron chi connectivity index (χ1n) is 11.0. The average molecular weight is 475 g/mol. The Balaban J connectivity index is 1.31. The zero-order chi connectivity index (χ0) is 23.5. The van der Waals surface area contributed by atoms with Gasteiger partial charge in [0.15, 0.2) is 0 Å². The van der Waals surface area contributed by atoms with Gasteiger partial charge in [-0.25, -0.2) is 9.97 Å². The number of aryl methyl sites for hydroxylation is 1. The lowest BCUT2D eigenvalue weighted by Gasteiger charge is -2.36. The molecule has 1 amide bonds. The minimum Gasteiger partial charge on any atom is -0.368 e. The maximum absolute atomic E-state index is 13.2. The topological polar surface area (TPSA) is 87.4 Å². The highest BCUT2D eigenvalue weighted by Gasteiger charge is 2.24. The van der Waals surface area contributed by atoms with Gasteiger partial charge in [-0.3, -0.25) is 4.79 Å². The van der Waals surface area contributed by atoms with Crippen LogP contribution in [0.2, 0.25) is 5.02 Å². The van der Waals surface area contributed by atoms with Crippen LogP contribution in [0.4, 0.5) is 17.3 Å². The Bertz CT molecular complexity index is 1300. The smallest absolute Gasteiger partial charge is 0.262 e. The molecular formula is C25H23ClN6O2. The number of hydrogen-bond donors (Lipinski definition) is 1. The van der Waals surface area contributed by atoms with Crippen molar-refractivity contribution in [3.8, 4) is 11.3 Å². The molecule has 2 aromatic heterocycles. The van der Waals surface area contributed by atoms with Gasteiger partial charge in [-0.1, -0.05) is 53.2 Å². The van der Waals surface area contributed by atoms with Crippen LogP contribution in [-0.2, 0) is 0 Å². The largest absolute Gasteiger partial charge is 0.368 e. The van der Waals surface area contributed by atoms with E-state index in [9.17, 15) is 4.79 Å². The number of benzene rings is 2. The van der Waals surface area contributed by atoms with Crippen LogP contribution in [0.5, 0.6) is 0 Å². The van der Waals surface area contributed by atoms with Crippen LogP contribution in [-0.4, -0.2) is 47.2 Å². The number of nitrogens with zero attached hydrogens (tertiary/aromatic N) is 5. The third-order valence-electron chi connectivity index (χ3n) is 5.84. The minimum atomic E-state index is -0.368. The number of aromatic nitrogens is 3. The Morgan fingerprint density at radius 1 is 0.971 bits per heavy atom. The molecule has 9 heteroatoms. The normalized spacial score (nSPS) is 13.7. The highest BCUT2D eigenvalue weighted by molar-refractivity contribution is 6.33. The number of para-hydroxylation sites is 1. The predicted octanol–water partition coefficient (Wildman–Crippen LogP) is 4.67. The summed E-state index contributed by atoms with van der Waals surface area (Å²) in [5, 5.41) is 7.41. The van der Waals surface area contributed by atoms with E-state index in [0.717, 1.165) is 32.0 Å². The quantitative estimate of drug-likeness (QED) is 0.449. The number of anilines is 3. The highest BCUT2D eigenvalue weighted by atomic mass is 35.5. The Labute approximate surface area is 202 Å². The summed E-state index contributed by atoms with van der Waals surface area (Å²) in [7, 11) is 0. The lowest BCUT2D eigenvalue weighted by atomic mass is 10.1. The zero-order valence-corrected chi connectivity index (χ0v) is 19.4. The SMILES string of the molecule is Cc1onc(-c2ccccc2Cl)c1C(=O)Nc1cc(N2CCN(c3ccccc3)CC2)ncn1. The van der Waals surface area contributed by atoms with Crippen molar-refractivity contribution >= 4 is 34.8 Å². The van der Waals surface area contributed by atoms with Gasteiger partial charge in [0.25, 0.3) is 5.91 Å². The molecule has 0 unspecified atom stereocenters. The Morgan fingerprint density at radius 3 is 2.44 bits per heavy atom. The first-order valence-corrected chi connectivity index (χ1v) is 11.4. The molecule has 1 saturated heterocycles. The Hall–Kier alpha value is -3.91. The van der Waals surface area contributed by atoms with Crippen molar-refractivity contribution in [1.82, 2.24) is 15.1 Å². The fourth-order valence-electron chi connectivity index (χ4n) is 4.08. The molecule has 0 atom stereocenters. The molecule has 1 N–H and O–H groups in total. The molecule has 0 radical (unpaired) electrons. The summed E-state index contributed by atoms with van der Waals surface area (Å²) >= 11 is 6.32. The average Bonchev–Trinajstić information content (AvgIpc) is 3.26. The summed E-state index contributed by atoms with van der Waals surface area (Å²) < 4.78 is 5.31. The number of carbonyl (C=O) groups is 1. The van der Waals surface area contributed by atoms with Crippen molar-refractivity contribution < 1.29 is 9.32 Å². The van der Waals surface area contributed by atoms with Crippen LogP contribution in [0, 0.1) is 6.92 Å². The molecule has 1 aliphatic rings. The molecule has 1 aliphatic heterocycles. The van der Waals surface area contributed by atoms with Gasteiger partial charge in [0.2, 0.25) is 0 Å². The standard InChI is InChI=1S/C25H23ClN6O2/c1-17-23(24(30-34-17)19-9-5-6-10-20(19)26)25(33)29-21-15-22(28-16-27-21)32-13-11-31(12-14-32)18-7-3-2-4-8-18/h2-10,15-16H,11-14H2,1H3,(H,27,28,29,33). The van der Waals surface area contributed by atoms with Crippen LogP contribution in [0.15, 0.2) is 71.5 Å². The third kappa shape index (κ3) is 4.45. The van der Waals surface area contributed by atoms with Gasteiger partial charge in [-0.05, 0) is 25.1 Å². The van der Waals surface area contributed by atoms with Crippen molar-refractivity contribution in [2.24, 2.45) is 0 Å². The molecule has 172 valence electrons. The molecule has 5 rings (SSSR count). The van der Waals surface area contributed by atoms with Gasteiger partial charge in [-0.2, -0.15) is 0 Å². The molecular weight excluding hydrogens is 452 g/mol. The van der Waals surface area contributed by atoms with Crippen molar-refractivity contribution in [1.29, 1.82) is 0 Å². The van der Waals surface area contributed by atoms with Crippen molar-refractivity contribution in [2.75, 3.05) is 41.3 Å². The van der Waals surface area contributed by atoms with Crippen molar-refractivity contribution in [2.45, 2.75) is 6.92 Å². The molecule has 1 fully saturated rings. The van der Waals surface area contributed by atoms with E-state index in [4.69, 9.17) is 16.1 Å². The number of halogens is 1. The summed E-state index contributed by atoms with van der Waals surface area (Å²) in [6, 6.07) is 19.4. The molecule has 0 bridgehead atoms.